The van der Waals surface area contributed by atoms with E-state index >= 15 is 0 Å². The summed E-state index contributed by atoms with van der Waals surface area (Å²) in [4.78, 5) is 19.1. The van der Waals surface area contributed by atoms with Gasteiger partial charge in [-0.2, -0.15) is 0 Å². The number of pyridine rings is 1. The Bertz CT molecular complexity index is 746. The smallest absolute Gasteiger partial charge is 0.237 e. The fraction of sp³-hybridized carbons (Fsp3) is 0.100. The summed E-state index contributed by atoms with van der Waals surface area (Å²) >= 11 is 0. The van der Waals surface area contributed by atoms with Gasteiger partial charge in [-0.25, -0.2) is 0 Å². The molecule has 1 heterocycles. The first-order valence-electron chi connectivity index (χ1n) is 7.59. The summed E-state index contributed by atoms with van der Waals surface area (Å²) in [6.45, 7) is 1.93. The largest absolute Gasteiger partial charge is 0.281 e. The lowest BCUT2D eigenvalue weighted by atomic mass is 10.2. The van der Waals surface area contributed by atoms with Gasteiger partial charge >= 0.3 is 0 Å². The van der Waals surface area contributed by atoms with E-state index in [0.717, 1.165) is 22.8 Å². The number of rotatable bonds is 4. The topological polar surface area (TPSA) is 33.2 Å². The molecule has 3 nitrogen and oxygen atoms in total. The lowest BCUT2D eigenvalue weighted by molar-refractivity contribution is -0.117. The zero-order valence-corrected chi connectivity index (χ0v) is 13.0. The van der Waals surface area contributed by atoms with Crippen molar-refractivity contribution >= 4 is 17.3 Å². The molecule has 114 valence electrons. The van der Waals surface area contributed by atoms with Crippen LogP contribution in [0.5, 0.6) is 0 Å². The first-order chi connectivity index (χ1) is 11.2. The minimum atomic E-state index is 0.000463. The van der Waals surface area contributed by atoms with Crippen molar-refractivity contribution in [1.29, 1.82) is 0 Å². The van der Waals surface area contributed by atoms with Gasteiger partial charge in [0.2, 0.25) is 5.91 Å². The van der Waals surface area contributed by atoms with Gasteiger partial charge in [0.15, 0.2) is 0 Å². The van der Waals surface area contributed by atoms with Crippen molar-refractivity contribution in [3.8, 4) is 0 Å². The number of para-hydroxylation sites is 2. The summed E-state index contributed by atoms with van der Waals surface area (Å²) < 4.78 is 0. The standard InChI is InChI=1S/C20H18N2O/c1-16-9-8-10-17(21-16)15-20(23)22(18-11-4-2-5-12-18)19-13-6-3-7-14-19/h2-14H,15H2,1H3. The van der Waals surface area contributed by atoms with E-state index in [-0.39, 0.29) is 12.3 Å². The van der Waals surface area contributed by atoms with E-state index in [1.807, 2.05) is 85.8 Å². The van der Waals surface area contributed by atoms with Crippen molar-refractivity contribution in [2.24, 2.45) is 0 Å². The van der Waals surface area contributed by atoms with E-state index in [1.54, 1.807) is 4.90 Å². The molecule has 0 bridgehead atoms. The quantitative estimate of drug-likeness (QED) is 0.720. The Morgan fingerprint density at radius 1 is 0.826 bits per heavy atom. The first kappa shape index (κ1) is 15.0. The summed E-state index contributed by atoms with van der Waals surface area (Å²) in [5.41, 5.74) is 3.42. The molecule has 0 saturated heterocycles. The SMILES string of the molecule is Cc1cccc(CC(=O)N(c2ccccc2)c2ccccc2)n1. The van der Waals surface area contributed by atoms with Crippen molar-refractivity contribution in [3.63, 3.8) is 0 Å². The van der Waals surface area contributed by atoms with E-state index in [2.05, 4.69) is 4.98 Å². The number of aromatic nitrogens is 1. The van der Waals surface area contributed by atoms with Gasteiger partial charge in [0.1, 0.15) is 0 Å². The second kappa shape index (κ2) is 6.88. The molecule has 0 radical (unpaired) electrons. The Kier molecular flexibility index (Phi) is 4.48. The van der Waals surface area contributed by atoms with Crippen LogP contribution >= 0.6 is 0 Å². The van der Waals surface area contributed by atoms with Gasteiger partial charge < -0.3 is 0 Å². The van der Waals surface area contributed by atoms with Crippen molar-refractivity contribution in [2.45, 2.75) is 13.3 Å². The van der Waals surface area contributed by atoms with Gasteiger partial charge in [-0.15, -0.1) is 0 Å². The van der Waals surface area contributed by atoms with Gasteiger partial charge in [0, 0.05) is 22.8 Å². The van der Waals surface area contributed by atoms with E-state index in [1.165, 1.54) is 0 Å². The van der Waals surface area contributed by atoms with E-state index < -0.39 is 0 Å². The molecule has 2 aromatic carbocycles. The molecule has 0 spiro atoms. The highest BCUT2D eigenvalue weighted by Gasteiger charge is 2.18. The monoisotopic (exact) mass is 302 g/mol. The number of carbonyl (C=O) groups excluding carboxylic acids is 1. The fourth-order valence-corrected chi connectivity index (χ4v) is 2.52. The third kappa shape index (κ3) is 3.64. The number of amides is 1. The molecule has 0 aliphatic carbocycles. The molecule has 0 aliphatic heterocycles. The Hall–Kier alpha value is -2.94. The molecule has 23 heavy (non-hydrogen) atoms. The number of benzene rings is 2. The molecule has 3 heteroatoms. The molecule has 0 saturated carbocycles. The molecular formula is C20H18N2O. The lowest BCUT2D eigenvalue weighted by Gasteiger charge is -2.23. The van der Waals surface area contributed by atoms with Gasteiger partial charge in [-0.3, -0.25) is 14.7 Å². The lowest BCUT2D eigenvalue weighted by Crippen LogP contribution is -2.27. The zero-order chi connectivity index (χ0) is 16.1. The number of hydrogen-bond donors (Lipinski definition) is 0. The molecular weight excluding hydrogens is 284 g/mol. The highest BCUT2D eigenvalue weighted by molar-refractivity contribution is 6.01. The first-order valence-corrected chi connectivity index (χ1v) is 7.59. The van der Waals surface area contributed by atoms with Crippen LogP contribution in [0.15, 0.2) is 78.9 Å². The summed E-state index contributed by atoms with van der Waals surface area (Å²) in [7, 11) is 0. The Balaban J connectivity index is 1.94. The minimum absolute atomic E-state index is 0.000463. The maximum Gasteiger partial charge on any atom is 0.237 e. The average Bonchev–Trinajstić information content (AvgIpc) is 2.57. The van der Waals surface area contributed by atoms with Crippen LogP contribution in [0, 0.1) is 6.92 Å². The maximum absolute atomic E-state index is 12.9. The van der Waals surface area contributed by atoms with Gasteiger partial charge in [-0.05, 0) is 43.3 Å². The van der Waals surface area contributed by atoms with Crippen LogP contribution in [0.3, 0.4) is 0 Å². The zero-order valence-electron chi connectivity index (χ0n) is 13.0. The van der Waals surface area contributed by atoms with Crippen LogP contribution in [0.25, 0.3) is 0 Å². The van der Waals surface area contributed by atoms with Crippen LogP contribution in [0.2, 0.25) is 0 Å². The minimum Gasteiger partial charge on any atom is -0.281 e. The third-order valence-electron chi connectivity index (χ3n) is 3.56. The molecule has 1 aromatic heterocycles. The number of hydrogen-bond acceptors (Lipinski definition) is 2. The summed E-state index contributed by atoms with van der Waals surface area (Å²) in [6, 6.07) is 25.1. The number of nitrogens with zero attached hydrogens (tertiary/aromatic N) is 2. The number of aryl methyl sites for hydroxylation is 1. The van der Waals surface area contributed by atoms with Crippen LogP contribution in [0.1, 0.15) is 11.4 Å². The highest BCUT2D eigenvalue weighted by atomic mass is 16.2. The molecule has 3 rings (SSSR count). The molecule has 0 unspecified atom stereocenters. The number of carbonyl (C=O) groups is 1. The Morgan fingerprint density at radius 3 is 1.91 bits per heavy atom. The predicted octanol–water partition coefficient (Wildman–Crippen LogP) is 4.30. The molecule has 0 atom stereocenters. The van der Waals surface area contributed by atoms with E-state index in [4.69, 9.17) is 0 Å². The summed E-state index contributed by atoms with van der Waals surface area (Å²) in [6.07, 6.45) is 0.269. The van der Waals surface area contributed by atoms with Gasteiger partial charge in [0.25, 0.3) is 0 Å². The summed E-state index contributed by atoms with van der Waals surface area (Å²) in [5.74, 6) is 0.000463. The van der Waals surface area contributed by atoms with Crippen LogP contribution in [-0.4, -0.2) is 10.9 Å². The van der Waals surface area contributed by atoms with Crippen LogP contribution in [0.4, 0.5) is 11.4 Å². The second-order valence-corrected chi connectivity index (χ2v) is 5.35. The van der Waals surface area contributed by atoms with Crippen molar-refractivity contribution in [2.75, 3.05) is 4.90 Å². The molecule has 0 N–H and O–H groups in total. The Labute approximate surface area is 136 Å². The van der Waals surface area contributed by atoms with Gasteiger partial charge in [-0.1, -0.05) is 42.5 Å². The van der Waals surface area contributed by atoms with Crippen molar-refractivity contribution < 1.29 is 4.79 Å². The average molecular weight is 302 g/mol. The normalized spacial score (nSPS) is 10.3. The summed E-state index contributed by atoms with van der Waals surface area (Å²) in [5, 5.41) is 0. The second-order valence-electron chi connectivity index (χ2n) is 5.35. The van der Waals surface area contributed by atoms with E-state index in [9.17, 15) is 4.79 Å². The van der Waals surface area contributed by atoms with Crippen LogP contribution < -0.4 is 4.90 Å². The van der Waals surface area contributed by atoms with Crippen molar-refractivity contribution in [1.82, 2.24) is 4.98 Å². The predicted molar refractivity (Wildman–Crippen MR) is 92.7 cm³/mol. The highest BCUT2D eigenvalue weighted by Crippen LogP contribution is 2.25. The van der Waals surface area contributed by atoms with Crippen molar-refractivity contribution in [3.05, 3.63) is 90.3 Å². The molecule has 0 aliphatic rings. The molecule has 3 aromatic rings. The molecule has 0 fully saturated rings. The number of anilines is 2. The maximum atomic E-state index is 12.9. The third-order valence-corrected chi connectivity index (χ3v) is 3.56. The van der Waals surface area contributed by atoms with Gasteiger partial charge in [0.05, 0.1) is 6.42 Å². The fourth-order valence-electron chi connectivity index (χ4n) is 2.52. The Morgan fingerprint density at radius 2 is 1.39 bits per heavy atom. The van der Waals surface area contributed by atoms with E-state index in [0.29, 0.717) is 0 Å². The molecule has 1 amide bonds. The van der Waals surface area contributed by atoms with Crippen LogP contribution in [-0.2, 0) is 11.2 Å².